The van der Waals surface area contributed by atoms with E-state index >= 15 is 0 Å². The molecular weight excluding hydrogens is 296 g/mol. The van der Waals surface area contributed by atoms with Gasteiger partial charge in [-0.15, -0.1) is 0 Å². The van der Waals surface area contributed by atoms with Crippen LogP contribution in [0.4, 0.5) is 5.69 Å². The highest BCUT2D eigenvalue weighted by Gasteiger charge is 2.16. The number of nitrogens with zero attached hydrogens (tertiary/aromatic N) is 3. The zero-order valence-electron chi connectivity index (χ0n) is 12.5. The van der Waals surface area contributed by atoms with Crippen LogP contribution in [0.1, 0.15) is 29.8 Å². The molecule has 2 aromatic heterocycles. The van der Waals surface area contributed by atoms with E-state index in [1.165, 1.54) is 30.2 Å². The number of carbonyl (C=O) groups excluding carboxylic acids is 1. The van der Waals surface area contributed by atoms with Crippen molar-refractivity contribution in [3.8, 4) is 0 Å². The minimum absolute atomic E-state index is 0.0722. The SMILES string of the molecule is Cc1nc(SCC(=O)Nc2cccnc2)nc2c1CCCC2. The number of thioether (sulfide) groups is 1. The molecule has 0 unspecified atom stereocenters. The summed E-state index contributed by atoms with van der Waals surface area (Å²) in [5.41, 5.74) is 4.22. The van der Waals surface area contributed by atoms with Crippen LogP contribution < -0.4 is 5.32 Å². The molecule has 3 rings (SSSR count). The summed E-state index contributed by atoms with van der Waals surface area (Å²) in [4.78, 5) is 25.1. The van der Waals surface area contributed by atoms with Gasteiger partial charge >= 0.3 is 0 Å². The van der Waals surface area contributed by atoms with E-state index in [2.05, 4.69) is 20.3 Å². The van der Waals surface area contributed by atoms with Crippen molar-refractivity contribution in [2.24, 2.45) is 0 Å². The number of aryl methyl sites for hydroxylation is 2. The molecule has 0 atom stereocenters. The van der Waals surface area contributed by atoms with Gasteiger partial charge in [0.1, 0.15) is 0 Å². The summed E-state index contributed by atoms with van der Waals surface area (Å²) in [6.07, 6.45) is 7.81. The van der Waals surface area contributed by atoms with Crippen LogP contribution in [0.3, 0.4) is 0 Å². The zero-order chi connectivity index (χ0) is 15.4. The van der Waals surface area contributed by atoms with Gasteiger partial charge in [0.05, 0.1) is 17.6 Å². The quantitative estimate of drug-likeness (QED) is 0.694. The molecule has 0 aliphatic heterocycles. The maximum absolute atomic E-state index is 11.9. The molecule has 0 radical (unpaired) electrons. The van der Waals surface area contributed by atoms with Crippen molar-refractivity contribution < 1.29 is 4.79 Å². The number of amides is 1. The number of hydrogen-bond donors (Lipinski definition) is 1. The van der Waals surface area contributed by atoms with Crippen molar-refractivity contribution in [3.63, 3.8) is 0 Å². The monoisotopic (exact) mass is 314 g/mol. The summed E-state index contributed by atoms with van der Waals surface area (Å²) in [5, 5.41) is 3.51. The normalized spacial score (nSPS) is 13.5. The molecule has 2 aromatic rings. The van der Waals surface area contributed by atoms with E-state index in [9.17, 15) is 4.79 Å². The maximum Gasteiger partial charge on any atom is 0.234 e. The molecular formula is C16H18N4OS. The molecule has 1 aliphatic rings. The van der Waals surface area contributed by atoms with Crippen molar-refractivity contribution in [2.45, 2.75) is 37.8 Å². The molecule has 0 aromatic carbocycles. The van der Waals surface area contributed by atoms with E-state index in [0.29, 0.717) is 16.6 Å². The lowest BCUT2D eigenvalue weighted by Gasteiger charge is -2.17. The Morgan fingerprint density at radius 1 is 1.32 bits per heavy atom. The van der Waals surface area contributed by atoms with E-state index in [0.717, 1.165) is 24.2 Å². The van der Waals surface area contributed by atoms with E-state index in [1.54, 1.807) is 18.5 Å². The van der Waals surface area contributed by atoms with E-state index < -0.39 is 0 Å². The van der Waals surface area contributed by atoms with Crippen LogP contribution in [0.25, 0.3) is 0 Å². The third-order valence-electron chi connectivity index (χ3n) is 3.65. The van der Waals surface area contributed by atoms with E-state index in [-0.39, 0.29) is 5.91 Å². The van der Waals surface area contributed by atoms with E-state index in [4.69, 9.17) is 0 Å². The smallest absolute Gasteiger partial charge is 0.234 e. The Morgan fingerprint density at radius 2 is 2.18 bits per heavy atom. The van der Waals surface area contributed by atoms with Gasteiger partial charge in [0.2, 0.25) is 5.91 Å². The molecule has 0 bridgehead atoms. The number of carbonyl (C=O) groups is 1. The lowest BCUT2D eigenvalue weighted by atomic mass is 9.95. The first kappa shape index (κ1) is 15.0. The number of anilines is 1. The second-order valence-electron chi connectivity index (χ2n) is 5.30. The first-order chi connectivity index (χ1) is 10.7. The van der Waals surface area contributed by atoms with E-state index in [1.807, 2.05) is 13.0 Å². The van der Waals surface area contributed by atoms with Crippen molar-refractivity contribution in [3.05, 3.63) is 41.5 Å². The van der Waals surface area contributed by atoms with Gasteiger partial charge in [0.25, 0.3) is 0 Å². The molecule has 5 nitrogen and oxygen atoms in total. The van der Waals surface area contributed by atoms with Gasteiger partial charge in [0, 0.05) is 17.6 Å². The van der Waals surface area contributed by atoms with Crippen molar-refractivity contribution in [1.82, 2.24) is 15.0 Å². The third-order valence-corrected chi connectivity index (χ3v) is 4.49. The summed E-state index contributed by atoms with van der Waals surface area (Å²) in [6.45, 7) is 2.03. The Morgan fingerprint density at radius 3 is 3.00 bits per heavy atom. The number of hydrogen-bond acceptors (Lipinski definition) is 5. The second kappa shape index (κ2) is 6.87. The highest BCUT2D eigenvalue weighted by molar-refractivity contribution is 7.99. The highest BCUT2D eigenvalue weighted by atomic mass is 32.2. The molecule has 0 saturated carbocycles. The average molecular weight is 314 g/mol. The molecule has 1 aliphatic carbocycles. The fourth-order valence-electron chi connectivity index (χ4n) is 2.58. The van der Waals surface area contributed by atoms with Crippen LogP contribution in [-0.2, 0) is 17.6 Å². The fourth-order valence-corrected chi connectivity index (χ4v) is 3.29. The summed E-state index contributed by atoms with van der Waals surface area (Å²) in [7, 11) is 0. The maximum atomic E-state index is 11.9. The van der Waals surface area contributed by atoms with Crippen molar-refractivity contribution in [1.29, 1.82) is 0 Å². The van der Waals surface area contributed by atoms with Crippen molar-refractivity contribution >= 4 is 23.4 Å². The Hall–Kier alpha value is -1.95. The van der Waals surface area contributed by atoms with Gasteiger partial charge in [-0.3, -0.25) is 9.78 Å². The fraction of sp³-hybridized carbons (Fsp3) is 0.375. The van der Waals surface area contributed by atoms with Crippen LogP contribution in [-0.4, -0.2) is 26.6 Å². The van der Waals surface area contributed by atoms with Crippen LogP contribution in [0.15, 0.2) is 29.7 Å². The zero-order valence-corrected chi connectivity index (χ0v) is 13.3. The predicted octanol–water partition coefficient (Wildman–Crippen LogP) is 2.79. The lowest BCUT2D eigenvalue weighted by Crippen LogP contribution is -2.15. The van der Waals surface area contributed by atoms with Crippen molar-refractivity contribution in [2.75, 3.05) is 11.1 Å². The summed E-state index contributed by atoms with van der Waals surface area (Å²) >= 11 is 1.38. The first-order valence-electron chi connectivity index (χ1n) is 7.41. The molecule has 0 fully saturated rings. The Kier molecular flexibility index (Phi) is 4.68. The Labute approximate surface area is 134 Å². The minimum Gasteiger partial charge on any atom is -0.324 e. The predicted molar refractivity (Wildman–Crippen MR) is 87.0 cm³/mol. The largest absolute Gasteiger partial charge is 0.324 e. The van der Waals surface area contributed by atoms with Gasteiger partial charge in [-0.25, -0.2) is 9.97 Å². The standard InChI is InChI=1S/C16H18N4OS/c1-11-13-6-2-3-7-14(13)20-16(18-11)22-10-15(21)19-12-5-4-8-17-9-12/h4-5,8-9H,2-3,6-7,10H2,1H3,(H,19,21). The minimum atomic E-state index is -0.0722. The summed E-state index contributed by atoms with van der Waals surface area (Å²) < 4.78 is 0. The molecule has 1 amide bonds. The van der Waals surface area contributed by atoms with Gasteiger partial charge in [-0.2, -0.15) is 0 Å². The van der Waals surface area contributed by atoms with Crippen LogP contribution >= 0.6 is 11.8 Å². The van der Waals surface area contributed by atoms with Gasteiger partial charge < -0.3 is 5.32 Å². The van der Waals surface area contributed by atoms with Gasteiger partial charge in [-0.1, -0.05) is 11.8 Å². The molecule has 22 heavy (non-hydrogen) atoms. The number of fused-ring (bicyclic) bond motifs is 1. The van der Waals surface area contributed by atoms with Gasteiger partial charge in [-0.05, 0) is 50.3 Å². The molecule has 114 valence electrons. The average Bonchev–Trinajstić information content (AvgIpc) is 2.54. The van der Waals surface area contributed by atoms with Crippen LogP contribution in [0.5, 0.6) is 0 Å². The third kappa shape index (κ3) is 3.62. The summed E-state index contributed by atoms with van der Waals surface area (Å²) in [5.74, 6) is 0.226. The number of nitrogens with one attached hydrogen (secondary N) is 1. The molecule has 0 saturated heterocycles. The Balaban J connectivity index is 1.62. The Bertz CT molecular complexity index is 675. The highest BCUT2D eigenvalue weighted by Crippen LogP contribution is 2.24. The van der Waals surface area contributed by atoms with Crippen LogP contribution in [0.2, 0.25) is 0 Å². The van der Waals surface area contributed by atoms with Gasteiger partial charge in [0.15, 0.2) is 5.16 Å². The first-order valence-corrected chi connectivity index (χ1v) is 8.40. The number of rotatable bonds is 4. The number of pyridine rings is 1. The molecule has 6 heteroatoms. The topological polar surface area (TPSA) is 67.8 Å². The van der Waals surface area contributed by atoms with Crippen LogP contribution in [0, 0.1) is 6.92 Å². The summed E-state index contributed by atoms with van der Waals surface area (Å²) in [6, 6.07) is 3.60. The second-order valence-corrected chi connectivity index (χ2v) is 6.24. The molecule has 0 spiro atoms. The molecule has 2 heterocycles. The number of aromatic nitrogens is 3. The molecule has 1 N–H and O–H groups in total. The lowest BCUT2D eigenvalue weighted by molar-refractivity contribution is -0.113.